The highest BCUT2D eigenvalue weighted by Crippen LogP contribution is 2.36. The molecule has 0 heterocycles. The molecule has 2 nitrogen and oxygen atoms in total. The van der Waals surface area contributed by atoms with Crippen molar-refractivity contribution < 1.29 is 4.74 Å². The lowest BCUT2D eigenvalue weighted by Crippen LogP contribution is -2.26. The molecule has 2 N–H and O–H groups in total. The van der Waals surface area contributed by atoms with E-state index >= 15 is 0 Å². The average Bonchev–Trinajstić information content (AvgIpc) is 2.25. The summed E-state index contributed by atoms with van der Waals surface area (Å²) in [6, 6.07) is 6.30. The van der Waals surface area contributed by atoms with Gasteiger partial charge in [0.15, 0.2) is 0 Å². The Morgan fingerprint density at radius 1 is 1.18 bits per heavy atom. The van der Waals surface area contributed by atoms with Gasteiger partial charge in [-0.05, 0) is 23.0 Å². The number of rotatable bonds is 3. The summed E-state index contributed by atoms with van der Waals surface area (Å²) in [6.07, 6.45) is 0. The number of methoxy groups -OCH3 is 1. The van der Waals surface area contributed by atoms with E-state index in [1.165, 1.54) is 5.56 Å². The molecule has 0 saturated carbocycles. The van der Waals surface area contributed by atoms with E-state index in [0.717, 1.165) is 11.3 Å². The van der Waals surface area contributed by atoms with Gasteiger partial charge in [0.05, 0.1) is 7.11 Å². The van der Waals surface area contributed by atoms with E-state index in [1.54, 1.807) is 7.11 Å². The lowest BCUT2D eigenvalue weighted by atomic mass is 9.81. The molecule has 0 aliphatic carbocycles. The molecule has 2 heteroatoms. The summed E-state index contributed by atoms with van der Waals surface area (Å²) >= 11 is 0. The van der Waals surface area contributed by atoms with Crippen molar-refractivity contribution in [3.05, 3.63) is 29.3 Å². The lowest BCUT2D eigenvalue weighted by Gasteiger charge is -2.29. The Labute approximate surface area is 105 Å². The predicted molar refractivity (Wildman–Crippen MR) is 73.5 cm³/mol. The van der Waals surface area contributed by atoms with Crippen LogP contribution < -0.4 is 10.5 Å². The lowest BCUT2D eigenvalue weighted by molar-refractivity contribution is 0.314. The van der Waals surface area contributed by atoms with E-state index in [0.29, 0.717) is 5.92 Å². The van der Waals surface area contributed by atoms with Crippen LogP contribution in [-0.2, 0) is 0 Å². The molecule has 0 saturated heterocycles. The highest BCUT2D eigenvalue weighted by Gasteiger charge is 2.25. The SMILES string of the molecule is COc1ccc(C(C)C)cc1[C@@H](N)C(C)(C)C. The zero-order chi connectivity index (χ0) is 13.2. The van der Waals surface area contributed by atoms with Gasteiger partial charge in [-0.2, -0.15) is 0 Å². The summed E-state index contributed by atoms with van der Waals surface area (Å²) in [5.41, 5.74) is 8.78. The topological polar surface area (TPSA) is 35.2 Å². The second-order valence-corrected chi connectivity index (χ2v) is 6.00. The summed E-state index contributed by atoms with van der Waals surface area (Å²) in [5, 5.41) is 0. The first-order chi connectivity index (χ1) is 7.77. The molecule has 1 aromatic rings. The average molecular weight is 235 g/mol. The van der Waals surface area contributed by atoms with E-state index in [4.69, 9.17) is 10.5 Å². The fraction of sp³-hybridized carbons (Fsp3) is 0.600. The Hall–Kier alpha value is -1.02. The molecule has 96 valence electrons. The van der Waals surface area contributed by atoms with Crippen molar-refractivity contribution in [2.75, 3.05) is 7.11 Å². The number of benzene rings is 1. The number of nitrogens with two attached hydrogens (primary N) is 1. The second kappa shape index (κ2) is 5.09. The summed E-state index contributed by atoms with van der Waals surface area (Å²) in [5.74, 6) is 1.39. The van der Waals surface area contributed by atoms with Gasteiger partial charge >= 0.3 is 0 Å². The summed E-state index contributed by atoms with van der Waals surface area (Å²) in [4.78, 5) is 0. The molecular weight excluding hydrogens is 210 g/mol. The molecule has 0 radical (unpaired) electrons. The van der Waals surface area contributed by atoms with Crippen LogP contribution in [0.4, 0.5) is 0 Å². The van der Waals surface area contributed by atoms with Gasteiger partial charge in [0.1, 0.15) is 5.75 Å². The van der Waals surface area contributed by atoms with Crippen LogP contribution in [0.25, 0.3) is 0 Å². The molecule has 0 fully saturated rings. The smallest absolute Gasteiger partial charge is 0.123 e. The van der Waals surface area contributed by atoms with Crippen LogP contribution in [0.5, 0.6) is 5.75 Å². The Morgan fingerprint density at radius 2 is 1.76 bits per heavy atom. The molecule has 17 heavy (non-hydrogen) atoms. The fourth-order valence-electron chi connectivity index (χ4n) is 1.82. The Kier molecular flexibility index (Phi) is 4.21. The van der Waals surface area contributed by atoms with Crippen LogP contribution in [0.15, 0.2) is 18.2 Å². The zero-order valence-electron chi connectivity index (χ0n) is 11.9. The largest absolute Gasteiger partial charge is 0.496 e. The fourth-order valence-corrected chi connectivity index (χ4v) is 1.82. The third-order valence-electron chi connectivity index (χ3n) is 3.19. The van der Waals surface area contributed by atoms with Crippen molar-refractivity contribution in [2.24, 2.45) is 11.1 Å². The minimum atomic E-state index is -0.0175. The number of hydrogen-bond donors (Lipinski definition) is 1. The van der Waals surface area contributed by atoms with Crippen molar-refractivity contribution in [3.63, 3.8) is 0 Å². The number of hydrogen-bond acceptors (Lipinski definition) is 2. The Bertz CT molecular complexity index is 377. The standard InChI is InChI=1S/C15H25NO/c1-10(2)11-7-8-13(17-6)12(9-11)14(16)15(3,4)5/h7-10,14H,16H2,1-6H3/t14-/m1/s1. The van der Waals surface area contributed by atoms with Gasteiger partial charge in [0.25, 0.3) is 0 Å². The minimum absolute atomic E-state index is 0.0175. The zero-order valence-corrected chi connectivity index (χ0v) is 11.9. The van der Waals surface area contributed by atoms with E-state index in [-0.39, 0.29) is 11.5 Å². The maximum atomic E-state index is 6.34. The second-order valence-electron chi connectivity index (χ2n) is 6.00. The van der Waals surface area contributed by atoms with E-state index in [2.05, 4.69) is 46.8 Å². The van der Waals surface area contributed by atoms with Gasteiger partial charge in [-0.15, -0.1) is 0 Å². The molecule has 0 aliphatic rings. The maximum absolute atomic E-state index is 6.34. The minimum Gasteiger partial charge on any atom is -0.496 e. The Morgan fingerprint density at radius 3 is 2.18 bits per heavy atom. The molecule has 0 unspecified atom stereocenters. The summed E-state index contributed by atoms with van der Waals surface area (Å²) in [7, 11) is 1.70. The Balaban J connectivity index is 3.23. The molecule has 0 bridgehead atoms. The first-order valence-electron chi connectivity index (χ1n) is 6.20. The highest BCUT2D eigenvalue weighted by atomic mass is 16.5. The third-order valence-corrected chi connectivity index (χ3v) is 3.19. The van der Waals surface area contributed by atoms with E-state index < -0.39 is 0 Å². The van der Waals surface area contributed by atoms with Crippen molar-refractivity contribution in [2.45, 2.75) is 46.6 Å². The summed E-state index contributed by atoms with van der Waals surface area (Å²) < 4.78 is 5.42. The predicted octanol–water partition coefficient (Wildman–Crippen LogP) is 3.86. The van der Waals surface area contributed by atoms with Gasteiger partial charge in [0.2, 0.25) is 0 Å². The molecule has 0 amide bonds. The normalized spacial score (nSPS) is 13.9. The first kappa shape index (κ1) is 14.0. The van der Waals surface area contributed by atoms with E-state index in [1.807, 2.05) is 6.07 Å². The highest BCUT2D eigenvalue weighted by molar-refractivity contribution is 5.41. The van der Waals surface area contributed by atoms with Crippen LogP contribution in [0, 0.1) is 5.41 Å². The van der Waals surface area contributed by atoms with Crippen LogP contribution in [0.1, 0.15) is 57.7 Å². The van der Waals surface area contributed by atoms with Gasteiger partial charge in [0, 0.05) is 11.6 Å². The molecule has 0 spiro atoms. The molecule has 0 aliphatic heterocycles. The van der Waals surface area contributed by atoms with Crippen molar-refractivity contribution in [3.8, 4) is 5.75 Å². The van der Waals surface area contributed by atoms with Crippen molar-refractivity contribution >= 4 is 0 Å². The van der Waals surface area contributed by atoms with Crippen LogP contribution in [-0.4, -0.2) is 7.11 Å². The van der Waals surface area contributed by atoms with Gasteiger partial charge in [-0.3, -0.25) is 0 Å². The van der Waals surface area contributed by atoms with E-state index in [9.17, 15) is 0 Å². The van der Waals surface area contributed by atoms with Crippen LogP contribution in [0.2, 0.25) is 0 Å². The third kappa shape index (κ3) is 3.22. The van der Waals surface area contributed by atoms with Crippen LogP contribution >= 0.6 is 0 Å². The van der Waals surface area contributed by atoms with Crippen LogP contribution in [0.3, 0.4) is 0 Å². The molecule has 0 aromatic heterocycles. The molecule has 1 atom stereocenters. The number of ether oxygens (including phenoxy) is 1. The first-order valence-corrected chi connectivity index (χ1v) is 6.20. The van der Waals surface area contributed by atoms with Crippen molar-refractivity contribution in [1.29, 1.82) is 0 Å². The molecule has 1 aromatic carbocycles. The maximum Gasteiger partial charge on any atom is 0.123 e. The quantitative estimate of drug-likeness (QED) is 0.863. The van der Waals surface area contributed by atoms with Gasteiger partial charge < -0.3 is 10.5 Å². The van der Waals surface area contributed by atoms with Gasteiger partial charge in [-0.25, -0.2) is 0 Å². The van der Waals surface area contributed by atoms with Gasteiger partial charge in [-0.1, -0.05) is 46.8 Å². The van der Waals surface area contributed by atoms with Crippen molar-refractivity contribution in [1.82, 2.24) is 0 Å². The monoisotopic (exact) mass is 235 g/mol. The molecular formula is C15H25NO. The summed E-state index contributed by atoms with van der Waals surface area (Å²) in [6.45, 7) is 10.8. The molecule has 1 rings (SSSR count).